The van der Waals surface area contributed by atoms with E-state index in [4.69, 9.17) is 34.8 Å². The number of anilines is 1. The number of nitrogens with two attached hydrogens (primary N) is 2. The molecule has 0 spiro atoms. The lowest BCUT2D eigenvalue weighted by Gasteiger charge is -2.20. The van der Waals surface area contributed by atoms with E-state index in [0.717, 1.165) is 0 Å². The van der Waals surface area contributed by atoms with Gasteiger partial charge in [0, 0.05) is 20.7 Å². The summed E-state index contributed by atoms with van der Waals surface area (Å²) in [6, 6.07) is 7.55. The van der Waals surface area contributed by atoms with E-state index in [1.54, 1.807) is 30.3 Å². The summed E-state index contributed by atoms with van der Waals surface area (Å²) in [4.78, 5) is 0. The van der Waals surface area contributed by atoms with Crippen molar-refractivity contribution in [1.29, 1.82) is 0 Å². The highest BCUT2D eigenvalue weighted by molar-refractivity contribution is 9.10. The number of benzene rings is 2. The van der Waals surface area contributed by atoms with E-state index in [-0.39, 0.29) is 5.02 Å². The summed E-state index contributed by atoms with van der Waals surface area (Å²) in [5.74, 6) is 4.98. The van der Waals surface area contributed by atoms with E-state index in [1.807, 2.05) is 0 Å². The first-order valence-corrected chi connectivity index (χ1v) is 7.15. The first kappa shape index (κ1) is 15.5. The Labute approximate surface area is 134 Å². The molecule has 0 bridgehead atoms. The fraction of sp³-hybridized carbons (Fsp3) is 0.0769. The van der Waals surface area contributed by atoms with Crippen molar-refractivity contribution in [2.75, 3.05) is 5.73 Å². The molecule has 2 rings (SSSR count). The molecule has 0 aliphatic carbocycles. The lowest BCUT2D eigenvalue weighted by Crippen LogP contribution is -2.30. The molecule has 0 amide bonds. The summed E-state index contributed by atoms with van der Waals surface area (Å²) in [6.45, 7) is 0. The van der Waals surface area contributed by atoms with Crippen LogP contribution in [-0.4, -0.2) is 0 Å². The molecule has 2 aromatic carbocycles. The number of hydrazine groups is 1. The molecule has 5 N–H and O–H groups in total. The van der Waals surface area contributed by atoms with Crippen LogP contribution in [0.5, 0.6) is 0 Å². The second-order valence-corrected chi connectivity index (χ2v) is 5.81. The summed E-state index contributed by atoms with van der Waals surface area (Å²) in [5.41, 5.74) is 9.79. The highest BCUT2D eigenvalue weighted by atomic mass is 79.9. The van der Waals surface area contributed by atoms with Crippen molar-refractivity contribution in [3.8, 4) is 0 Å². The Morgan fingerprint density at radius 1 is 1.15 bits per heavy atom. The van der Waals surface area contributed by atoms with Crippen molar-refractivity contribution in [3.05, 3.63) is 61.8 Å². The van der Waals surface area contributed by atoms with Crippen LogP contribution in [0, 0.1) is 5.82 Å². The van der Waals surface area contributed by atoms with Gasteiger partial charge < -0.3 is 5.73 Å². The Morgan fingerprint density at radius 3 is 2.40 bits per heavy atom. The summed E-state index contributed by atoms with van der Waals surface area (Å²) in [6.07, 6.45) is 0. The molecule has 7 heteroatoms. The largest absolute Gasteiger partial charge is 0.398 e. The molecule has 1 atom stereocenters. The number of nitrogen functional groups attached to an aromatic ring is 1. The second-order valence-electron chi connectivity index (χ2n) is 4.14. The molecule has 0 saturated carbocycles. The number of halogens is 4. The zero-order valence-electron chi connectivity index (χ0n) is 10.1. The minimum atomic E-state index is -0.627. The third-order valence-corrected chi connectivity index (χ3v) is 4.40. The molecule has 0 radical (unpaired) electrons. The van der Waals surface area contributed by atoms with Crippen molar-refractivity contribution < 1.29 is 4.39 Å². The zero-order valence-corrected chi connectivity index (χ0v) is 13.2. The van der Waals surface area contributed by atoms with Crippen molar-refractivity contribution >= 4 is 44.8 Å². The quantitative estimate of drug-likeness (QED) is 0.327. The Hall–Kier alpha value is -0.850. The standard InChI is InChI=1S/C13H11BrCl2FN3/c14-9-4-3-8(12(17)11(9)16)13(20-19)7-2-1-6(15)5-10(7)18/h1-5,13,20H,18-19H2. The summed E-state index contributed by atoms with van der Waals surface area (Å²) < 4.78 is 14.7. The highest BCUT2D eigenvalue weighted by Gasteiger charge is 2.21. The first-order valence-electron chi connectivity index (χ1n) is 5.60. The van der Waals surface area contributed by atoms with Gasteiger partial charge in [-0.1, -0.05) is 35.3 Å². The molecule has 106 valence electrons. The average molecular weight is 379 g/mol. The average Bonchev–Trinajstić information content (AvgIpc) is 2.41. The zero-order chi connectivity index (χ0) is 14.9. The lowest BCUT2D eigenvalue weighted by atomic mass is 9.97. The van der Waals surface area contributed by atoms with Gasteiger partial charge in [-0.3, -0.25) is 5.84 Å². The van der Waals surface area contributed by atoms with Gasteiger partial charge in [0.15, 0.2) is 0 Å². The van der Waals surface area contributed by atoms with Crippen LogP contribution in [0.1, 0.15) is 17.2 Å². The Bertz CT molecular complexity index is 652. The summed E-state index contributed by atoms with van der Waals surface area (Å²) in [5, 5.41) is 0.492. The summed E-state index contributed by atoms with van der Waals surface area (Å²) in [7, 11) is 0. The number of hydrogen-bond acceptors (Lipinski definition) is 3. The normalized spacial score (nSPS) is 12.4. The maximum absolute atomic E-state index is 14.3. The Balaban J connectivity index is 2.55. The molecule has 1 unspecified atom stereocenters. The number of rotatable bonds is 3. The molecular weight excluding hydrogens is 368 g/mol. The molecule has 0 aromatic heterocycles. The van der Waals surface area contributed by atoms with Gasteiger partial charge in [0.2, 0.25) is 0 Å². The Morgan fingerprint density at radius 2 is 1.80 bits per heavy atom. The van der Waals surface area contributed by atoms with Crippen LogP contribution in [0.4, 0.5) is 10.1 Å². The third-order valence-electron chi connectivity index (χ3n) is 2.90. The fourth-order valence-corrected chi connectivity index (χ4v) is 2.58. The molecule has 20 heavy (non-hydrogen) atoms. The van der Waals surface area contributed by atoms with Crippen LogP contribution in [0.2, 0.25) is 10.0 Å². The molecule has 0 saturated heterocycles. The molecule has 0 fully saturated rings. The van der Waals surface area contributed by atoms with Crippen LogP contribution >= 0.6 is 39.1 Å². The van der Waals surface area contributed by atoms with Gasteiger partial charge in [-0.2, -0.15) is 0 Å². The van der Waals surface area contributed by atoms with Crippen molar-refractivity contribution in [2.45, 2.75) is 6.04 Å². The van der Waals surface area contributed by atoms with E-state index in [9.17, 15) is 4.39 Å². The van der Waals surface area contributed by atoms with E-state index in [2.05, 4.69) is 21.4 Å². The molecule has 3 nitrogen and oxygen atoms in total. The van der Waals surface area contributed by atoms with Gasteiger partial charge in [0.05, 0.1) is 11.1 Å². The van der Waals surface area contributed by atoms with Crippen LogP contribution in [-0.2, 0) is 0 Å². The predicted octanol–water partition coefficient (Wildman–Crippen LogP) is 4.03. The van der Waals surface area contributed by atoms with Crippen molar-refractivity contribution in [3.63, 3.8) is 0 Å². The van der Waals surface area contributed by atoms with E-state index in [1.165, 1.54) is 0 Å². The topological polar surface area (TPSA) is 64.1 Å². The molecule has 0 aliphatic rings. The minimum absolute atomic E-state index is 0.00437. The predicted molar refractivity (Wildman–Crippen MR) is 84.1 cm³/mol. The fourth-order valence-electron chi connectivity index (χ4n) is 1.92. The SMILES string of the molecule is NNC(c1ccc(Cl)cc1N)c1ccc(Br)c(Cl)c1F. The highest BCUT2D eigenvalue weighted by Crippen LogP contribution is 2.34. The maximum atomic E-state index is 14.3. The van der Waals surface area contributed by atoms with Gasteiger partial charge >= 0.3 is 0 Å². The third kappa shape index (κ3) is 2.92. The van der Waals surface area contributed by atoms with E-state index in [0.29, 0.717) is 26.3 Å². The van der Waals surface area contributed by atoms with Gasteiger partial charge in [-0.25, -0.2) is 9.82 Å². The van der Waals surface area contributed by atoms with Crippen molar-refractivity contribution in [1.82, 2.24) is 5.43 Å². The number of nitrogens with one attached hydrogen (secondary N) is 1. The first-order chi connectivity index (χ1) is 9.45. The second kappa shape index (κ2) is 6.28. The maximum Gasteiger partial charge on any atom is 0.148 e. The minimum Gasteiger partial charge on any atom is -0.398 e. The van der Waals surface area contributed by atoms with Crippen LogP contribution < -0.4 is 17.0 Å². The Kier molecular flexibility index (Phi) is 4.88. The van der Waals surface area contributed by atoms with Gasteiger partial charge in [0.25, 0.3) is 0 Å². The van der Waals surface area contributed by atoms with Gasteiger partial charge in [0.1, 0.15) is 5.82 Å². The van der Waals surface area contributed by atoms with Gasteiger partial charge in [-0.05, 0) is 39.7 Å². The lowest BCUT2D eigenvalue weighted by molar-refractivity contribution is 0.560. The smallest absolute Gasteiger partial charge is 0.148 e. The van der Waals surface area contributed by atoms with Crippen LogP contribution in [0.15, 0.2) is 34.8 Å². The molecule has 2 aromatic rings. The van der Waals surface area contributed by atoms with Crippen LogP contribution in [0.3, 0.4) is 0 Å². The van der Waals surface area contributed by atoms with E-state index >= 15 is 0 Å². The van der Waals surface area contributed by atoms with Crippen molar-refractivity contribution in [2.24, 2.45) is 5.84 Å². The molecule has 0 heterocycles. The molecule has 0 aliphatic heterocycles. The summed E-state index contributed by atoms with van der Waals surface area (Å²) >= 11 is 14.9. The van der Waals surface area contributed by atoms with Gasteiger partial charge in [-0.15, -0.1) is 0 Å². The monoisotopic (exact) mass is 377 g/mol. The molecular formula is C13H11BrCl2FN3. The van der Waals surface area contributed by atoms with E-state index < -0.39 is 11.9 Å². The van der Waals surface area contributed by atoms with Crippen LogP contribution in [0.25, 0.3) is 0 Å². The number of hydrogen-bond donors (Lipinski definition) is 3.